The third-order valence-electron chi connectivity index (χ3n) is 4.96. The molecule has 4 rings (SSSR count). The lowest BCUT2D eigenvalue weighted by Crippen LogP contribution is -2.25. The molecule has 4 aromatic rings. The average Bonchev–Trinajstić information content (AvgIpc) is 3.13. The SMILES string of the molecule is CN(C)c1nn(-c2c(Cl)cc(S(N)(=O)=O)cc2Cl)c2nc(C(F)(F)c3cccc(F)c3)[nH]c(=O)c12. The maximum absolute atomic E-state index is 15.2. The second-order valence-corrected chi connectivity index (χ2v) is 9.98. The van der Waals surface area contributed by atoms with Gasteiger partial charge in [0.25, 0.3) is 5.56 Å². The Morgan fingerprint density at radius 2 is 1.77 bits per heavy atom. The number of H-pyrrole nitrogens is 1. The Hall–Kier alpha value is -3.13. The lowest BCUT2D eigenvalue weighted by molar-refractivity contribution is 0.0325. The standard InChI is InChI=1S/C20H15Cl2F3N6O3S/c1-30(2)17-14-16(31(29-17)15-12(21)7-11(8-13(15)22)35(26,33)34)27-19(28-18(14)32)20(24,25)9-4-3-5-10(23)6-9/h3-8H,1-2H3,(H2,26,33,34)(H,27,28,32). The van der Waals surface area contributed by atoms with E-state index in [4.69, 9.17) is 28.3 Å². The van der Waals surface area contributed by atoms with Crippen LogP contribution in [0.25, 0.3) is 16.7 Å². The van der Waals surface area contributed by atoms with E-state index >= 15 is 8.78 Å². The summed E-state index contributed by atoms with van der Waals surface area (Å²) >= 11 is 12.5. The van der Waals surface area contributed by atoms with Crippen molar-refractivity contribution in [2.75, 3.05) is 19.0 Å². The molecule has 15 heteroatoms. The zero-order valence-electron chi connectivity index (χ0n) is 17.9. The molecular weight excluding hydrogens is 532 g/mol. The van der Waals surface area contributed by atoms with Gasteiger partial charge in [-0.3, -0.25) is 4.79 Å². The fourth-order valence-corrected chi connectivity index (χ4v) is 4.70. The molecule has 0 amide bonds. The highest BCUT2D eigenvalue weighted by atomic mass is 35.5. The van der Waals surface area contributed by atoms with Gasteiger partial charge in [-0.05, 0) is 24.3 Å². The number of nitrogens with two attached hydrogens (primary N) is 1. The van der Waals surface area contributed by atoms with Crippen LogP contribution in [0.4, 0.5) is 19.0 Å². The largest absolute Gasteiger partial charge is 0.361 e. The van der Waals surface area contributed by atoms with Gasteiger partial charge in [0.05, 0.1) is 14.9 Å². The topological polar surface area (TPSA) is 127 Å². The first-order valence-electron chi connectivity index (χ1n) is 9.58. The summed E-state index contributed by atoms with van der Waals surface area (Å²) in [5, 5.41) is 8.70. The monoisotopic (exact) mass is 546 g/mol. The number of hydrogen-bond acceptors (Lipinski definition) is 6. The van der Waals surface area contributed by atoms with Crippen molar-refractivity contribution in [2.45, 2.75) is 10.8 Å². The highest BCUT2D eigenvalue weighted by molar-refractivity contribution is 7.89. The molecule has 3 N–H and O–H groups in total. The van der Waals surface area contributed by atoms with E-state index in [1.807, 2.05) is 4.98 Å². The second kappa shape index (κ2) is 8.52. The van der Waals surface area contributed by atoms with Crippen molar-refractivity contribution >= 4 is 50.1 Å². The molecule has 2 aromatic heterocycles. The van der Waals surface area contributed by atoms with Crippen LogP contribution >= 0.6 is 23.2 Å². The fourth-order valence-electron chi connectivity index (χ4n) is 3.36. The Labute approximate surface area is 205 Å². The van der Waals surface area contributed by atoms with Crippen LogP contribution in [0.3, 0.4) is 0 Å². The number of nitrogens with one attached hydrogen (secondary N) is 1. The van der Waals surface area contributed by atoms with Gasteiger partial charge in [0.1, 0.15) is 16.9 Å². The number of sulfonamides is 1. The van der Waals surface area contributed by atoms with Crippen molar-refractivity contribution in [2.24, 2.45) is 5.14 Å². The second-order valence-electron chi connectivity index (χ2n) is 7.61. The first kappa shape index (κ1) is 25.0. The van der Waals surface area contributed by atoms with Gasteiger partial charge in [-0.2, -0.15) is 8.78 Å². The van der Waals surface area contributed by atoms with Crippen LogP contribution in [0.1, 0.15) is 11.4 Å². The van der Waals surface area contributed by atoms with Gasteiger partial charge >= 0.3 is 5.92 Å². The Bertz CT molecular complexity index is 1630. The maximum Gasteiger partial charge on any atom is 0.330 e. The number of halogens is 5. The highest BCUT2D eigenvalue weighted by Gasteiger charge is 2.39. The Morgan fingerprint density at radius 1 is 1.14 bits per heavy atom. The third kappa shape index (κ3) is 4.35. The van der Waals surface area contributed by atoms with Crippen LogP contribution in [0.5, 0.6) is 0 Å². The lowest BCUT2D eigenvalue weighted by atomic mass is 10.1. The minimum atomic E-state index is -4.17. The summed E-state index contributed by atoms with van der Waals surface area (Å²) in [6.07, 6.45) is 0. The van der Waals surface area contributed by atoms with Crippen LogP contribution in [0, 0.1) is 5.82 Å². The molecule has 35 heavy (non-hydrogen) atoms. The first-order valence-corrected chi connectivity index (χ1v) is 11.9. The first-order chi connectivity index (χ1) is 16.2. The molecule has 0 fully saturated rings. The van der Waals surface area contributed by atoms with Gasteiger partial charge in [-0.15, -0.1) is 5.10 Å². The van der Waals surface area contributed by atoms with Crippen LogP contribution in [-0.4, -0.2) is 42.3 Å². The van der Waals surface area contributed by atoms with Gasteiger partial charge < -0.3 is 9.88 Å². The van der Waals surface area contributed by atoms with E-state index < -0.39 is 43.6 Å². The predicted molar refractivity (Wildman–Crippen MR) is 125 cm³/mol. The van der Waals surface area contributed by atoms with Crippen molar-refractivity contribution in [3.05, 3.63) is 74.0 Å². The van der Waals surface area contributed by atoms with Crippen molar-refractivity contribution < 1.29 is 21.6 Å². The van der Waals surface area contributed by atoms with Gasteiger partial charge in [-0.25, -0.2) is 27.6 Å². The van der Waals surface area contributed by atoms with Crippen LogP contribution < -0.4 is 15.6 Å². The Morgan fingerprint density at radius 3 is 2.31 bits per heavy atom. The van der Waals surface area contributed by atoms with E-state index in [-0.39, 0.29) is 32.6 Å². The molecule has 0 aliphatic rings. The van der Waals surface area contributed by atoms with E-state index in [1.54, 1.807) is 14.1 Å². The van der Waals surface area contributed by atoms with E-state index in [9.17, 15) is 17.6 Å². The van der Waals surface area contributed by atoms with Gasteiger partial charge in [-0.1, -0.05) is 35.3 Å². The number of nitrogens with zero attached hydrogens (tertiary/aromatic N) is 4. The summed E-state index contributed by atoms with van der Waals surface area (Å²) in [7, 11) is -1.07. The zero-order valence-corrected chi connectivity index (χ0v) is 20.2. The number of anilines is 1. The predicted octanol–water partition coefficient (Wildman–Crippen LogP) is 3.41. The molecule has 9 nitrogen and oxygen atoms in total. The number of rotatable bonds is 5. The van der Waals surface area contributed by atoms with Crippen LogP contribution in [0.2, 0.25) is 10.0 Å². The quantitative estimate of drug-likeness (QED) is 0.395. The third-order valence-corrected chi connectivity index (χ3v) is 6.43. The number of fused-ring (bicyclic) bond motifs is 1. The summed E-state index contributed by atoms with van der Waals surface area (Å²) in [6, 6.07) is 5.68. The fraction of sp³-hybridized carbons (Fsp3) is 0.150. The van der Waals surface area contributed by atoms with E-state index in [0.29, 0.717) is 6.07 Å². The minimum Gasteiger partial charge on any atom is -0.361 e. The number of aromatic amines is 1. The number of hydrogen-bond donors (Lipinski definition) is 2. The van der Waals surface area contributed by atoms with E-state index in [1.165, 1.54) is 4.90 Å². The van der Waals surface area contributed by atoms with Gasteiger partial charge in [0.2, 0.25) is 10.0 Å². The number of primary sulfonamides is 1. The molecule has 0 unspecified atom stereocenters. The molecule has 2 heterocycles. The molecule has 0 saturated heterocycles. The van der Waals surface area contributed by atoms with Gasteiger partial charge in [0.15, 0.2) is 17.3 Å². The normalized spacial score (nSPS) is 12.3. The smallest absolute Gasteiger partial charge is 0.330 e. The molecular formula is C20H15Cl2F3N6O3S. The van der Waals surface area contributed by atoms with E-state index in [2.05, 4.69) is 10.1 Å². The van der Waals surface area contributed by atoms with Crippen molar-refractivity contribution in [3.8, 4) is 5.69 Å². The van der Waals surface area contributed by atoms with Crippen molar-refractivity contribution in [3.63, 3.8) is 0 Å². The summed E-state index contributed by atoms with van der Waals surface area (Å²) in [6.45, 7) is 0. The molecule has 0 aliphatic carbocycles. The summed E-state index contributed by atoms with van der Waals surface area (Å²) < 4.78 is 68.5. The zero-order chi connectivity index (χ0) is 25.9. The summed E-state index contributed by atoms with van der Waals surface area (Å²) in [5.74, 6) is -5.84. The van der Waals surface area contributed by atoms with Crippen LogP contribution in [0.15, 0.2) is 46.1 Å². The summed E-state index contributed by atoms with van der Waals surface area (Å²) in [4.78, 5) is 19.9. The average molecular weight is 547 g/mol. The number of alkyl halides is 2. The summed E-state index contributed by atoms with van der Waals surface area (Å²) in [5.41, 5.74) is -2.18. The molecule has 2 aromatic carbocycles. The molecule has 0 saturated carbocycles. The number of benzene rings is 2. The van der Waals surface area contributed by atoms with Crippen LogP contribution in [-0.2, 0) is 15.9 Å². The molecule has 0 aliphatic heterocycles. The molecule has 0 bridgehead atoms. The number of aromatic nitrogens is 4. The Kier molecular flexibility index (Phi) is 6.08. The molecule has 0 atom stereocenters. The maximum atomic E-state index is 15.2. The minimum absolute atomic E-state index is 0.0389. The molecule has 184 valence electrons. The molecule has 0 spiro atoms. The van der Waals surface area contributed by atoms with Crippen molar-refractivity contribution in [1.82, 2.24) is 19.7 Å². The van der Waals surface area contributed by atoms with E-state index in [0.717, 1.165) is 35.0 Å². The molecule has 0 radical (unpaired) electrons. The highest BCUT2D eigenvalue weighted by Crippen LogP contribution is 2.37. The van der Waals surface area contributed by atoms with Crippen molar-refractivity contribution in [1.29, 1.82) is 0 Å². The lowest BCUT2D eigenvalue weighted by Gasteiger charge is -2.16. The van der Waals surface area contributed by atoms with Gasteiger partial charge in [0, 0.05) is 19.7 Å². The Balaban J connectivity index is 2.05.